The van der Waals surface area contributed by atoms with Crippen molar-refractivity contribution in [2.75, 3.05) is 5.32 Å². The summed E-state index contributed by atoms with van der Waals surface area (Å²) in [6.45, 7) is 1.85. The standard InChI is InChI=1S/C15H16ClF3N2/c1-10(4-2-6-15(17,18)19)21-13-9-12(16)8-11-5-3-7-20-14(11)13/h3,5,7-10,21H,2,4,6H2,1H3. The summed E-state index contributed by atoms with van der Waals surface area (Å²) in [5, 5.41) is 4.67. The molecule has 0 bridgehead atoms. The lowest BCUT2D eigenvalue weighted by Crippen LogP contribution is -2.17. The molecule has 0 aliphatic carbocycles. The van der Waals surface area contributed by atoms with E-state index >= 15 is 0 Å². The minimum Gasteiger partial charge on any atom is -0.381 e. The Balaban J connectivity index is 2.05. The Labute approximate surface area is 126 Å². The molecule has 21 heavy (non-hydrogen) atoms. The van der Waals surface area contributed by atoms with E-state index in [4.69, 9.17) is 11.6 Å². The summed E-state index contributed by atoms with van der Waals surface area (Å²) >= 11 is 6.05. The van der Waals surface area contributed by atoms with Gasteiger partial charge in [0, 0.05) is 29.1 Å². The van der Waals surface area contributed by atoms with Gasteiger partial charge in [-0.1, -0.05) is 17.7 Å². The first-order chi connectivity index (χ1) is 9.85. The predicted molar refractivity (Wildman–Crippen MR) is 79.7 cm³/mol. The number of pyridine rings is 1. The van der Waals surface area contributed by atoms with Crippen LogP contribution in [0.4, 0.5) is 18.9 Å². The topological polar surface area (TPSA) is 24.9 Å². The van der Waals surface area contributed by atoms with E-state index in [0.717, 1.165) is 16.6 Å². The number of halogens is 4. The van der Waals surface area contributed by atoms with Gasteiger partial charge in [-0.25, -0.2) is 0 Å². The fourth-order valence-electron chi connectivity index (χ4n) is 2.21. The lowest BCUT2D eigenvalue weighted by molar-refractivity contribution is -0.135. The van der Waals surface area contributed by atoms with Crippen molar-refractivity contribution in [2.24, 2.45) is 0 Å². The smallest absolute Gasteiger partial charge is 0.381 e. The van der Waals surface area contributed by atoms with Crippen LogP contribution in [0.15, 0.2) is 30.5 Å². The highest BCUT2D eigenvalue weighted by Gasteiger charge is 2.26. The average molecular weight is 317 g/mol. The minimum absolute atomic E-state index is 0.0870. The third-order valence-electron chi connectivity index (χ3n) is 3.17. The second-order valence-corrected chi connectivity index (χ2v) is 5.52. The van der Waals surface area contributed by atoms with Gasteiger partial charge >= 0.3 is 6.18 Å². The van der Waals surface area contributed by atoms with Crippen molar-refractivity contribution in [1.82, 2.24) is 4.98 Å². The molecule has 1 N–H and O–H groups in total. The first-order valence-corrected chi connectivity index (χ1v) is 7.10. The Kier molecular flexibility index (Phi) is 4.93. The molecule has 0 saturated carbocycles. The van der Waals surface area contributed by atoms with Crippen molar-refractivity contribution in [3.8, 4) is 0 Å². The molecule has 1 aromatic heterocycles. The molecule has 1 unspecified atom stereocenters. The van der Waals surface area contributed by atoms with Crippen LogP contribution in [-0.4, -0.2) is 17.2 Å². The molecule has 0 aliphatic rings. The molecule has 2 aromatic rings. The number of rotatable bonds is 5. The van der Waals surface area contributed by atoms with Crippen LogP contribution in [0.1, 0.15) is 26.2 Å². The molecule has 0 amide bonds. The Hall–Kier alpha value is -1.49. The van der Waals surface area contributed by atoms with Gasteiger partial charge in [-0.2, -0.15) is 13.2 Å². The maximum Gasteiger partial charge on any atom is 0.389 e. The molecule has 0 radical (unpaired) electrons. The quantitative estimate of drug-likeness (QED) is 0.796. The third kappa shape index (κ3) is 4.77. The van der Waals surface area contributed by atoms with Crippen LogP contribution < -0.4 is 5.32 Å². The van der Waals surface area contributed by atoms with Gasteiger partial charge in [0.2, 0.25) is 0 Å². The normalized spacial score (nSPS) is 13.4. The zero-order valence-corrected chi connectivity index (χ0v) is 12.3. The first-order valence-electron chi connectivity index (χ1n) is 6.73. The summed E-state index contributed by atoms with van der Waals surface area (Å²) in [6, 6.07) is 7.18. The van der Waals surface area contributed by atoms with Crippen molar-refractivity contribution in [3.63, 3.8) is 0 Å². The SMILES string of the molecule is CC(CCCC(F)(F)F)Nc1cc(Cl)cc2cccnc12. The molecular weight excluding hydrogens is 301 g/mol. The van der Waals surface area contributed by atoms with Gasteiger partial charge in [0.25, 0.3) is 0 Å². The van der Waals surface area contributed by atoms with Gasteiger partial charge in [0.05, 0.1) is 11.2 Å². The van der Waals surface area contributed by atoms with Gasteiger partial charge in [-0.15, -0.1) is 0 Å². The highest BCUT2D eigenvalue weighted by Crippen LogP contribution is 2.28. The lowest BCUT2D eigenvalue weighted by atomic mass is 10.1. The summed E-state index contributed by atoms with van der Waals surface area (Å²) in [6.07, 6.45) is -2.64. The number of fused-ring (bicyclic) bond motifs is 1. The van der Waals surface area contributed by atoms with Crippen LogP contribution in [0.25, 0.3) is 10.9 Å². The van der Waals surface area contributed by atoms with E-state index in [1.54, 1.807) is 12.3 Å². The molecule has 1 aromatic carbocycles. The van der Waals surface area contributed by atoms with Crippen LogP contribution in [0, 0.1) is 0 Å². The molecule has 114 valence electrons. The van der Waals surface area contributed by atoms with Crippen LogP contribution in [0.3, 0.4) is 0 Å². The highest BCUT2D eigenvalue weighted by molar-refractivity contribution is 6.31. The van der Waals surface area contributed by atoms with E-state index in [9.17, 15) is 13.2 Å². The molecule has 0 spiro atoms. The Morgan fingerprint density at radius 2 is 2.10 bits per heavy atom. The summed E-state index contributed by atoms with van der Waals surface area (Å²) in [7, 11) is 0. The van der Waals surface area contributed by atoms with E-state index in [1.807, 2.05) is 25.1 Å². The summed E-state index contributed by atoms with van der Waals surface area (Å²) < 4.78 is 36.4. The number of aromatic nitrogens is 1. The van der Waals surface area contributed by atoms with Gasteiger partial charge < -0.3 is 5.32 Å². The number of alkyl halides is 3. The van der Waals surface area contributed by atoms with E-state index in [2.05, 4.69) is 10.3 Å². The largest absolute Gasteiger partial charge is 0.389 e. The summed E-state index contributed by atoms with van der Waals surface area (Å²) in [5.41, 5.74) is 1.52. The van der Waals surface area contributed by atoms with Crippen LogP contribution >= 0.6 is 11.6 Å². The molecule has 2 rings (SSSR count). The molecule has 0 saturated heterocycles. The molecule has 0 fully saturated rings. The van der Waals surface area contributed by atoms with Crippen molar-refractivity contribution in [1.29, 1.82) is 0 Å². The Morgan fingerprint density at radius 1 is 1.33 bits per heavy atom. The second kappa shape index (κ2) is 6.52. The van der Waals surface area contributed by atoms with Crippen molar-refractivity contribution in [3.05, 3.63) is 35.5 Å². The monoisotopic (exact) mass is 316 g/mol. The molecule has 6 heteroatoms. The summed E-state index contributed by atoms with van der Waals surface area (Å²) in [4.78, 5) is 4.29. The summed E-state index contributed by atoms with van der Waals surface area (Å²) in [5.74, 6) is 0. The van der Waals surface area contributed by atoms with Crippen LogP contribution in [-0.2, 0) is 0 Å². The molecule has 1 atom stereocenters. The van der Waals surface area contributed by atoms with E-state index in [-0.39, 0.29) is 12.5 Å². The van der Waals surface area contributed by atoms with Crippen molar-refractivity contribution in [2.45, 2.75) is 38.4 Å². The van der Waals surface area contributed by atoms with E-state index in [0.29, 0.717) is 11.4 Å². The number of hydrogen-bond acceptors (Lipinski definition) is 2. The van der Waals surface area contributed by atoms with E-state index < -0.39 is 12.6 Å². The Bertz CT molecular complexity index is 613. The Morgan fingerprint density at radius 3 is 2.81 bits per heavy atom. The van der Waals surface area contributed by atoms with Crippen molar-refractivity contribution >= 4 is 28.2 Å². The fraction of sp³-hybridized carbons (Fsp3) is 0.400. The number of nitrogens with zero attached hydrogens (tertiary/aromatic N) is 1. The zero-order valence-electron chi connectivity index (χ0n) is 11.5. The second-order valence-electron chi connectivity index (χ2n) is 5.08. The fourth-order valence-corrected chi connectivity index (χ4v) is 2.44. The minimum atomic E-state index is -4.09. The van der Waals surface area contributed by atoms with Crippen LogP contribution in [0.2, 0.25) is 5.02 Å². The predicted octanol–water partition coefficient (Wildman–Crippen LogP) is 5.42. The maximum atomic E-state index is 12.1. The number of nitrogens with one attached hydrogen (secondary N) is 1. The molecule has 0 aliphatic heterocycles. The van der Waals surface area contributed by atoms with Crippen LogP contribution in [0.5, 0.6) is 0 Å². The highest BCUT2D eigenvalue weighted by atomic mass is 35.5. The average Bonchev–Trinajstić information content (AvgIpc) is 2.36. The molecular formula is C15H16ClF3N2. The molecule has 2 nitrogen and oxygen atoms in total. The lowest BCUT2D eigenvalue weighted by Gasteiger charge is -2.17. The van der Waals surface area contributed by atoms with E-state index in [1.165, 1.54) is 0 Å². The number of anilines is 1. The maximum absolute atomic E-state index is 12.1. The third-order valence-corrected chi connectivity index (χ3v) is 3.39. The van der Waals surface area contributed by atoms with Gasteiger partial charge in [-0.05, 0) is 38.0 Å². The van der Waals surface area contributed by atoms with Gasteiger partial charge in [0.15, 0.2) is 0 Å². The van der Waals surface area contributed by atoms with Crippen molar-refractivity contribution < 1.29 is 13.2 Å². The first kappa shape index (κ1) is 15.9. The number of benzene rings is 1. The van der Waals surface area contributed by atoms with Gasteiger partial charge in [0.1, 0.15) is 0 Å². The molecule has 1 heterocycles. The number of hydrogen-bond donors (Lipinski definition) is 1. The zero-order chi connectivity index (χ0) is 15.5. The van der Waals surface area contributed by atoms with Gasteiger partial charge in [-0.3, -0.25) is 4.98 Å².